The molecule has 1 saturated heterocycles. The molecule has 2 aliphatic rings. The highest BCUT2D eigenvalue weighted by molar-refractivity contribution is 7.98. The van der Waals surface area contributed by atoms with E-state index in [1.165, 1.54) is 17.8 Å². The molecule has 2 aromatic heterocycles. The normalized spacial score (nSPS) is 20.4. The van der Waals surface area contributed by atoms with E-state index in [4.69, 9.17) is 0 Å². The van der Waals surface area contributed by atoms with Crippen molar-refractivity contribution in [1.82, 2.24) is 9.97 Å². The van der Waals surface area contributed by atoms with Crippen LogP contribution in [0.15, 0.2) is 41.7 Å². The molecule has 1 unspecified atom stereocenters. The number of nitrogens with one attached hydrogen (secondary N) is 1. The largest absolute Gasteiger partial charge is 0.417 e. The molecule has 2 aromatic rings. The van der Waals surface area contributed by atoms with Crippen LogP contribution in [0.2, 0.25) is 0 Å². The van der Waals surface area contributed by atoms with Gasteiger partial charge in [0.15, 0.2) is 0 Å². The number of amides is 1. The van der Waals surface area contributed by atoms with Gasteiger partial charge >= 0.3 is 6.18 Å². The zero-order chi connectivity index (χ0) is 19.9. The standard InChI is InChI=1S/C19H19F3N4OS/c1-28-16-8-13(4-7-23-16)25-17(27)14-9-18(5-6-18)11-26(14)15-3-2-12(10-24-15)19(20,21)22/h2-4,7-8,10,14H,5-6,9,11H2,1H3,(H,23,25,27). The van der Waals surface area contributed by atoms with Crippen LogP contribution in [0, 0.1) is 5.41 Å². The molecule has 9 heteroatoms. The molecular weight excluding hydrogens is 389 g/mol. The highest BCUT2D eigenvalue weighted by Crippen LogP contribution is 2.55. The maximum atomic E-state index is 13.0. The molecule has 1 aliphatic carbocycles. The van der Waals surface area contributed by atoms with Crippen molar-refractivity contribution in [2.75, 3.05) is 23.0 Å². The van der Waals surface area contributed by atoms with Crippen LogP contribution in [-0.2, 0) is 11.0 Å². The van der Waals surface area contributed by atoms with Gasteiger partial charge in [0.25, 0.3) is 0 Å². The number of nitrogens with zero attached hydrogens (tertiary/aromatic N) is 3. The number of aromatic nitrogens is 2. The van der Waals surface area contributed by atoms with E-state index in [1.807, 2.05) is 11.2 Å². The first-order chi connectivity index (χ1) is 13.3. The summed E-state index contributed by atoms with van der Waals surface area (Å²) >= 11 is 1.48. The second-order valence-corrected chi connectivity index (χ2v) is 8.15. The number of alkyl halides is 3. The zero-order valence-electron chi connectivity index (χ0n) is 15.2. The summed E-state index contributed by atoms with van der Waals surface area (Å²) in [7, 11) is 0. The van der Waals surface area contributed by atoms with Gasteiger partial charge in [0.1, 0.15) is 11.9 Å². The first-order valence-electron chi connectivity index (χ1n) is 8.90. The first kappa shape index (κ1) is 19.0. The maximum Gasteiger partial charge on any atom is 0.417 e. The van der Waals surface area contributed by atoms with Crippen LogP contribution >= 0.6 is 11.8 Å². The lowest BCUT2D eigenvalue weighted by molar-refractivity contribution is -0.137. The smallest absolute Gasteiger partial charge is 0.344 e. The van der Waals surface area contributed by atoms with Crippen LogP contribution in [-0.4, -0.2) is 34.7 Å². The molecule has 1 aliphatic heterocycles. The van der Waals surface area contributed by atoms with Gasteiger partial charge in [0, 0.05) is 24.6 Å². The molecule has 148 valence electrons. The lowest BCUT2D eigenvalue weighted by Crippen LogP contribution is -2.40. The number of carbonyl (C=O) groups is 1. The molecule has 0 bridgehead atoms. The molecule has 0 aromatic carbocycles. The molecule has 5 nitrogen and oxygen atoms in total. The van der Waals surface area contributed by atoms with E-state index in [-0.39, 0.29) is 11.3 Å². The Morgan fingerprint density at radius 2 is 2.07 bits per heavy atom. The quantitative estimate of drug-likeness (QED) is 0.768. The molecule has 2 fully saturated rings. The monoisotopic (exact) mass is 408 g/mol. The number of rotatable bonds is 4. The van der Waals surface area contributed by atoms with Gasteiger partial charge in [0.05, 0.1) is 10.6 Å². The molecule has 1 saturated carbocycles. The summed E-state index contributed by atoms with van der Waals surface area (Å²) in [6, 6.07) is 5.43. The van der Waals surface area contributed by atoms with Crippen LogP contribution in [0.5, 0.6) is 0 Å². The summed E-state index contributed by atoms with van der Waals surface area (Å²) in [4.78, 5) is 23.0. The van der Waals surface area contributed by atoms with Crippen molar-refractivity contribution in [1.29, 1.82) is 0 Å². The molecule has 1 N–H and O–H groups in total. The Hall–Kier alpha value is -2.29. The van der Waals surface area contributed by atoms with E-state index in [9.17, 15) is 18.0 Å². The first-order valence-corrected chi connectivity index (χ1v) is 10.1. The number of carbonyl (C=O) groups excluding carboxylic acids is 1. The predicted octanol–water partition coefficient (Wildman–Crippen LogP) is 4.21. The molecule has 1 spiro atoms. The topological polar surface area (TPSA) is 58.1 Å². The molecule has 4 rings (SSSR count). The molecule has 3 heterocycles. The van der Waals surface area contributed by atoms with E-state index >= 15 is 0 Å². The maximum absolute atomic E-state index is 13.0. The van der Waals surface area contributed by atoms with E-state index in [1.54, 1.807) is 18.3 Å². The Kier molecular flexibility index (Phi) is 4.73. The zero-order valence-corrected chi connectivity index (χ0v) is 16.0. The number of hydrogen-bond acceptors (Lipinski definition) is 5. The van der Waals surface area contributed by atoms with Crippen molar-refractivity contribution in [3.05, 3.63) is 42.2 Å². The van der Waals surface area contributed by atoms with Gasteiger partial charge in [-0.05, 0) is 55.2 Å². The fourth-order valence-corrected chi connectivity index (χ4v) is 4.03. The minimum atomic E-state index is -4.43. The summed E-state index contributed by atoms with van der Waals surface area (Å²) in [6.45, 7) is 0.635. The van der Waals surface area contributed by atoms with Crippen molar-refractivity contribution in [3.63, 3.8) is 0 Å². The lowest BCUT2D eigenvalue weighted by Gasteiger charge is -2.25. The fraction of sp³-hybridized carbons (Fsp3) is 0.421. The molecule has 0 radical (unpaired) electrons. The van der Waals surface area contributed by atoms with Gasteiger partial charge in [-0.25, -0.2) is 9.97 Å². The Morgan fingerprint density at radius 1 is 1.29 bits per heavy atom. The summed E-state index contributed by atoms with van der Waals surface area (Å²) in [5, 5.41) is 3.71. The Labute approximate surface area is 164 Å². The third-order valence-corrected chi connectivity index (χ3v) is 5.99. The number of thioether (sulfide) groups is 1. The number of pyridine rings is 2. The summed E-state index contributed by atoms with van der Waals surface area (Å²) in [5.41, 5.74) is -0.0601. The SMILES string of the molecule is CSc1cc(NC(=O)C2CC3(CC3)CN2c2ccc(C(F)(F)F)cn2)ccn1. The highest BCUT2D eigenvalue weighted by Gasteiger charge is 2.54. The van der Waals surface area contributed by atoms with Gasteiger partial charge in [0.2, 0.25) is 5.91 Å². The fourth-order valence-electron chi connectivity index (χ4n) is 3.62. The van der Waals surface area contributed by atoms with Gasteiger partial charge in [-0.15, -0.1) is 11.8 Å². The summed E-state index contributed by atoms with van der Waals surface area (Å²) in [5.74, 6) is 0.222. The van der Waals surface area contributed by atoms with Crippen molar-refractivity contribution in [3.8, 4) is 0 Å². The molecular formula is C19H19F3N4OS. The average Bonchev–Trinajstić information content (AvgIpc) is 3.31. The van der Waals surface area contributed by atoms with Gasteiger partial charge in [-0.1, -0.05) is 0 Å². The van der Waals surface area contributed by atoms with E-state index in [2.05, 4.69) is 15.3 Å². The third-order valence-electron chi connectivity index (χ3n) is 5.35. The van der Waals surface area contributed by atoms with Crippen LogP contribution in [0.4, 0.5) is 24.7 Å². The number of halogens is 3. The molecule has 28 heavy (non-hydrogen) atoms. The van der Waals surface area contributed by atoms with Crippen LogP contribution < -0.4 is 10.2 Å². The second kappa shape index (κ2) is 6.95. The third kappa shape index (κ3) is 3.80. The molecule has 1 amide bonds. The lowest BCUT2D eigenvalue weighted by atomic mass is 10.0. The van der Waals surface area contributed by atoms with E-state index in [0.717, 1.165) is 30.1 Å². The number of anilines is 2. The molecule has 1 atom stereocenters. The Balaban J connectivity index is 1.55. The predicted molar refractivity (Wildman–Crippen MR) is 101 cm³/mol. The van der Waals surface area contributed by atoms with Crippen molar-refractivity contribution in [2.24, 2.45) is 5.41 Å². The van der Waals surface area contributed by atoms with Crippen molar-refractivity contribution in [2.45, 2.75) is 36.5 Å². The summed E-state index contributed by atoms with van der Waals surface area (Å²) in [6.07, 6.45) is 2.67. The summed E-state index contributed by atoms with van der Waals surface area (Å²) < 4.78 is 38.4. The minimum Gasteiger partial charge on any atom is -0.344 e. The van der Waals surface area contributed by atoms with Crippen LogP contribution in [0.25, 0.3) is 0 Å². The van der Waals surface area contributed by atoms with Gasteiger partial charge in [-0.2, -0.15) is 13.2 Å². The van der Waals surface area contributed by atoms with Crippen molar-refractivity contribution >= 4 is 29.2 Å². The van der Waals surface area contributed by atoms with Crippen molar-refractivity contribution < 1.29 is 18.0 Å². The van der Waals surface area contributed by atoms with Gasteiger partial charge in [-0.3, -0.25) is 4.79 Å². The van der Waals surface area contributed by atoms with Gasteiger partial charge < -0.3 is 10.2 Å². The van der Waals surface area contributed by atoms with Crippen LogP contribution in [0.1, 0.15) is 24.8 Å². The van der Waals surface area contributed by atoms with E-state index in [0.29, 0.717) is 24.5 Å². The van der Waals surface area contributed by atoms with E-state index < -0.39 is 17.8 Å². The second-order valence-electron chi connectivity index (χ2n) is 7.33. The van der Waals surface area contributed by atoms with Crippen LogP contribution in [0.3, 0.4) is 0 Å². The Bertz CT molecular complexity index is 883. The highest BCUT2D eigenvalue weighted by atomic mass is 32.2. The average molecular weight is 408 g/mol. The minimum absolute atomic E-state index is 0.0784. The number of hydrogen-bond donors (Lipinski definition) is 1. The Morgan fingerprint density at radius 3 is 2.68 bits per heavy atom.